The molecule has 122 valence electrons. The van der Waals surface area contributed by atoms with Gasteiger partial charge in [0.1, 0.15) is 0 Å². The smallest absolute Gasteiger partial charge is 0.325 e. The topological polar surface area (TPSA) is 63.7 Å². The lowest BCUT2D eigenvalue weighted by Crippen LogP contribution is -2.32. The molecule has 0 atom stereocenters. The van der Waals surface area contributed by atoms with E-state index in [0.717, 1.165) is 12.0 Å². The van der Waals surface area contributed by atoms with E-state index in [1.807, 2.05) is 19.1 Å². The molecule has 1 aliphatic heterocycles. The van der Waals surface area contributed by atoms with Crippen molar-refractivity contribution in [1.29, 1.82) is 0 Å². The summed E-state index contributed by atoms with van der Waals surface area (Å²) in [6.45, 7) is 2.04. The van der Waals surface area contributed by atoms with Gasteiger partial charge in [0.15, 0.2) is 0 Å². The molecule has 0 aromatic heterocycles. The Morgan fingerprint density at radius 1 is 0.917 bits per heavy atom. The van der Waals surface area contributed by atoms with Crippen molar-refractivity contribution < 1.29 is 19.2 Å². The number of imide groups is 1. The molecule has 1 saturated heterocycles. The van der Waals surface area contributed by atoms with Gasteiger partial charge in [-0.1, -0.05) is 42.0 Å². The minimum atomic E-state index is -0.708. The van der Waals surface area contributed by atoms with Crippen LogP contribution in [0.3, 0.4) is 0 Å². The summed E-state index contributed by atoms with van der Waals surface area (Å²) >= 11 is 0. The summed E-state index contributed by atoms with van der Waals surface area (Å²) in [6, 6.07) is 15.2. The Bertz CT molecular complexity index is 762. The third-order valence-electron chi connectivity index (χ3n) is 3.90. The summed E-state index contributed by atoms with van der Waals surface area (Å²) in [5.41, 5.74) is 3.76. The summed E-state index contributed by atoms with van der Waals surface area (Å²) in [4.78, 5) is 39.8. The molecule has 0 bridgehead atoms. The number of amides is 2. The first-order chi connectivity index (χ1) is 11.5. The average Bonchev–Trinajstić information content (AvgIpc) is 2.89. The second kappa shape index (κ2) is 6.66. The van der Waals surface area contributed by atoms with Crippen molar-refractivity contribution in [3.05, 3.63) is 70.8 Å². The number of carbonyl (C=O) groups is 3. The molecule has 5 nitrogen and oxygen atoms in total. The Balaban J connectivity index is 1.65. The summed E-state index contributed by atoms with van der Waals surface area (Å²) in [5.74, 6) is -1.67. The maximum Gasteiger partial charge on any atom is 0.363 e. The van der Waals surface area contributed by atoms with E-state index in [2.05, 4.69) is 24.3 Å². The number of rotatable bonds is 4. The molecule has 2 amide bonds. The molecule has 2 aromatic rings. The minimum absolute atomic E-state index is 0.0849. The Morgan fingerprint density at radius 3 is 1.96 bits per heavy atom. The molecule has 5 heteroatoms. The first-order valence-corrected chi connectivity index (χ1v) is 7.75. The zero-order chi connectivity index (χ0) is 17.1. The van der Waals surface area contributed by atoms with E-state index >= 15 is 0 Å². The number of hydroxylamine groups is 2. The largest absolute Gasteiger partial charge is 0.363 e. The molecule has 3 rings (SSSR count). The lowest BCUT2D eigenvalue weighted by molar-refractivity contribution is -0.172. The van der Waals surface area contributed by atoms with E-state index < -0.39 is 17.8 Å². The van der Waals surface area contributed by atoms with E-state index in [1.54, 1.807) is 12.1 Å². The Morgan fingerprint density at radius 2 is 1.42 bits per heavy atom. The van der Waals surface area contributed by atoms with E-state index in [4.69, 9.17) is 4.84 Å². The summed E-state index contributed by atoms with van der Waals surface area (Å²) < 4.78 is 0. The van der Waals surface area contributed by atoms with Gasteiger partial charge < -0.3 is 4.84 Å². The van der Waals surface area contributed by atoms with Gasteiger partial charge in [-0.3, -0.25) is 9.59 Å². The fraction of sp³-hybridized carbons (Fsp3) is 0.211. The normalized spacial score (nSPS) is 14.1. The highest BCUT2D eigenvalue weighted by Crippen LogP contribution is 2.16. The summed E-state index contributed by atoms with van der Waals surface area (Å²) in [5, 5.41) is 0.558. The highest BCUT2D eigenvalue weighted by Gasteiger charge is 2.33. The van der Waals surface area contributed by atoms with Gasteiger partial charge in [0.2, 0.25) is 0 Å². The van der Waals surface area contributed by atoms with E-state index in [-0.39, 0.29) is 12.8 Å². The van der Waals surface area contributed by atoms with E-state index in [1.165, 1.54) is 11.1 Å². The van der Waals surface area contributed by atoms with Crippen LogP contribution in [0.5, 0.6) is 0 Å². The van der Waals surface area contributed by atoms with Crippen molar-refractivity contribution in [3.8, 4) is 0 Å². The average molecular weight is 323 g/mol. The first-order valence-electron chi connectivity index (χ1n) is 7.75. The SMILES string of the molecule is Cc1ccc(Cc2ccc(C(=O)ON3C(=O)CCC3=O)cc2)cc1. The number of carbonyl (C=O) groups excluding carboxylic acids is 3. The number of aryl methyl sites for hydroxylation is 1. The lowest BCUT2D eigenvalue weighted by Gasteiger charge is -2.12. The van der Waals surface area contributed by atoms with E-state index in [9.17, 15) is 14.4 Å². The van der Waals surface area contributed by atoms with Gasteiger partial charge >= 0.3 is 5.97 Å². The predicted molar refractivity (Wildman–Crippen MR) is 86.9 cm³/mol. The van der Waals surface area contributed by atoms with Gasteiger partial charge in [-0.15, -0.1) is 5.06 Å². The monoisotopic (exact) mass is 323 g/mol. The summed E-state index contributed by atoms with van der Waals surface area (Å²) in [6.07, 6.45) is 0.932. The highest BCUT2D eigenvalue weighted by molar-refractivity contribution is 6.02. The van der Waals surface area contributed by atoms with Crippen LogP contribution in [0.15, 0.2) is 48.5 Å². The van der Waals surface area contributed by atoms with Crippen LogP contribution in [-0.4, -0.2) is 22.8 Å². The Kier molecular flexibility index (Phi) is 4.42. The van der Waals surface area contributed by atoms with Crippen LogP contribution in [0.1, 0.15) is 39.9 Å². The Labute approximate surface area is 139 Å². The zero-order valence-corrected chi connectivity index (χ0v) is 13.3. The van der Waals surface area contributed by atoms with Gasteiger partial charge in [-0.25, -0.2) is 4.79 Å². The van der Waals surface area contributed by atoms with Gasteiger partial charge in [0, 0.05) is 12.8 Å². The third-order valence-corrected chi connectivity index (χ3v) is 3.90. The zero-order valence-electron chi connectivity index (χ0n) is 13.3. The number of nitrogens with zero attached hydrogens (tertiary/aromatic N) is 1. The fourth-order valence-corrected chi connectivity index (χ4v) is 2.49. The first kappa shape index (κ1) is 15.9. The van der Waals surface area contributed by atoms with Crippen molar-refractivity contribution >= 4 is 17.8 Å². The van der Waals surface area contributed by atoms with E-state index in [0.29, 0.717) is 10.6 Å². The maximum absolute atomic E-state index is 12.0. The molecular weight excluding hydrogens is 306 g/mol. The van der Waals surface area contributed by atoms with Crippen LogP contribution in [0, 0.1) is 6.92 Å². The molecule has 1 aliphatic rings. The molecule has 0 N–H and O–H groups in total. The molecular formula is C19H17NO4. The highest BCUT2D eigenvalue weighted by atomic mass is 16.7. The minimum Gasteiger partial charge on any atom is -0.325 e. The maximum atomic E-state index is 12.0. The van der Waals surface area contributed by atoms with Crippen molar-refractivity contribution in [2.75, 3.05) is 0 Å². The Hall–Kier alpha value is -2.95. The molecule has 0 spiro atoms. The van der Waals surface area contributed by atoms with Gasteiger partial charge in [0.25, 0.3) is 11.8 Å². The third kappa shape index (κ3) is 3.51. The standard InChI is InChI=1S/C19H17NO4/c1-13-2-4-14(5-3-13)12-15-6-8-16(9-7-15)19(23)24-20-17(21)10-11-18(20)22/h2-9H,10-12H2,1H3. The van der Waals surface area contributed by atoms with Crippen molar-refractivity contribution in [3.63, 3.8) is 0 Å². The molecule has 2 aromatic carbocycles. The van der Waals surface area contributed by atoms with Crippen LogP contribution >= 0.6 is 0 Å². The molecule has 0 unspecified atom stereocenters. The van der Waals surface area contributed by atoms with Gasteiger partial charge in [-0.05, 0) is 36.6 Å². The number of benzene rings is 2. The second-order valence-corrected chi connectivity index (χ2v) is 5.82. The molecule has 1 fully saturated rings. The van der Waals surface area contributed by atoms with Crippen LogP contribution in [0.4, 0.5) is 0 Å². The van der Waals surface area contributed by atoms with Gasteiger partial charge in [0.05, 0.1) is 5.56 Å². The lowest BCUT2D eigenvalue weighted by atomic mass is 10.0. The molecule has 0 saturated carbocycles. The van der Waals surface area contributed by atoms with Crippen LogP contribution in [-0.2, 0) is 20.8 Å². The molecule has 0 aliphatic carbocycles. The van der Waals surface area contributed by atoms with Crippen molar-refractivity contribution in [2.24, 2.45) is 0 Å². The van der Waals surface area contributed by atoms with Gasteiger partial charge in [-0.2, -0.15) is 0 Å². The van der Waals surface area contributed by atoms with Crippen molar-refractivity contribution in [1.82, 2.24) is 5.06 Å². The van der Waals surface area contributed by atoms with Crippen LogP contribution < -0.4 is 0 Å². The van der Waals surface area contributed by atoms with Crippen LogP contribution in [0.2, 0.25) is 0 Å². The molecule has 1 heterocycles. The quantitative estimate of drug-likeness (QED) is 0.812. The fourth-order valence-electron chi connectivity index (χ4n) is 2.49. The molecule has 0 radical (unpaired) electrons. The molecule has 24 heavy (non-hydrogen) atoms. The predicted octanol–water partition coefficient (Wildman–Crippen LogP) is 2.81. The second-order valence-electron chi connectivity index (χ2n) is 5.82. The summed E-state index contributed by atoms with van der Waals surface area (Å²) in [7, 11) is 0. The number of hydrogen-bond donors (Lipinski definition) is 0. The van der Waals surface area contributed by atoms with Crippen molar-refractivity contribution in [2.45, 2.75) is 26.2 Å². The van der Waals surface area contributed by atoms with Crippen LogP contribution in [0.25, 0.3) is 0 Å². The number of hydrogen-bond acceptors (Lipinski definition) is 4.